The van der Waals surface area contributed by atoms with Gasteiger partial charge < -0.3 is 14.8 Å². The first-order chi connectivity index (χ1) is 11.7. The number of fused-ring (bicyclic) bond motifs is 1. The highest BCUT2D eigenvalue weighted by atomic mass is 79.9. The summed E-state index contributed by atoms with van der Waals surface area (Å²) in [4.78, 5) is 14.1. The largest absolute Gasteiger partial charge is 0.486 e. The summed E-state index contributed by atoms with van der Waals surface area (Å²) in [7, 11) is 0. The van der Waals surface area contributed by atoms with Crippen LogP contribution in [0.2, 0.25) is 0 Å². The summed E-state index contributed by atoms with van der Waals surface area (Å²) >= 11 is 3.45. The van der Waals surface area contributed by atoms with Crippen molar-refractivity contribution in [3.8, 4) is 11.5 Å². The van der Waals surface area contributed by atoms with Gasteiger partial charge in [-0.3, -0.25) is 9.69 Å². The Morgan fingerprint density at radius 1 is 1.12 bits per heavy atom. The number of hydrogen-bond acceptors (Lipinski definition) is 4. The molecule has 5 nitrogen and oxygen atoms in total. The zero-order valence-electron chi connectivity index (χ0n) is 13.0. The van der Waals surface area contributed by atoms with Gasteiger partial charge in [0.05, 0.1) is 6.54 Å². The van der Waals surface area contributed by atoms with Crippen molar-refractivity contribution in [2.45, 2.75) is 12.7 Å². The fourth-order valence-electron chi connectivity index (χ4n) is 3.12. The highest BCUT2D eigenvalue weighted by Gasteiger charge is 2.34. The smallest absolute Gasteiger partial charge is 0.235 e. The van der Waals surface area contributed by atoms with Crippen molar-refractivity contribution < 1.29 is 14.3 Å². The summed E-state index contributed by atoms with van der Waals surface area (Å²) in [6.45, 7) is 2.12. The van der Waals surface area contributed by atoms with Crippen LogP contribution in [-0.4, -0.2) is 30.6 Å². The first kappa shape index (κ1) is 15.5. The Balaban J connectivity index is 1.63. The van der Waals surface area contributed by atoms with Crippen LogP contribution in [0.25, 0.3) is 0 Å². The van der Waals surface area contributed by atoms with Crippen LogP contribution in [0.1, 0.15) is 17.3 Å². The van der Waals surface area contributed by atoms with Crippen LogP contribution in [0, 0.1) is 0 Å². The minimum Gasteiger partial charge on any atom is -0.486 e. The Kier molecular flexibility index (Phi) is 4.16. The van der Waals surface area contributed by atoms with Crippen LogP contribution < -0.4 is 14.8 Å². The molecule has 6 heteroatoms. The van der Waals surface area contributed by atoms with E-state index in [4.69, 9.17) is 9.47 Å². The van der Waals surface area contributed by atoms with Crippen LogP contribution in [0.15, 0.2) is 46.9 Å². The van der Waals surface area contributed by atoms with E-state index < -0.39 is 0 Å². The zero-order chi connectivity index (χ0) is 16.5. The van der Waals surface area contributed by atoms with Gasteiger partial charge in [0.25, 0.3) is 0 Å². The molecule has 0 saturated carbocycles. The van der Waals surface area contributed by atoms with Crippen LogP contribution in [0.4, 0.5) is 0 Å². The molecule has 1 amide bonds. The molecule has 0 spiro atoms. The number of ether oxygens (including phenoxy) is 2. The van der Waals surface area contributed by atoms with Gasteiger partial charge in [0.1, 0.15) is 19.4 Å². The van der Waals surface area contributed by atoms with Gasteiger partial charge >= 0.3 is 0 Å². The summed E-state index contributed by atoms with van der Waals surface area (Å²) in [6, 6.07) is 14.0. The molecule has 2 heterocycles. The summed E-state index contributed by atoms with van der Waals surface area (Å²) in [5, 5.41) is 3.04. The number of hydrogen-bond donors (Lipinski definition) is 1. The average Bonchev–Trinajstić information content (AvgIpc) is 2.96. The third-order valence-electron chi connectivity index (χ3n) is 4.20. The molecule has 2 aliphatic heterocycles. The van der Waals surface area contributed by atoms with E-state index >= 15 is 0 Å². The second-order valence-electron chi connectivity index (χ2n) is 5.87. The molecule has 0 aliphatic carbocycles. The number of carbonyl (C=O) groups is 1. The second kappa shape index (κ2) is 6.45. The number of nitrogens with zero attached hydrogens (tertiary/aromatic N) is 1. The lowest BCUT2D eigenvalue weighted by Crippen LogP contribution is -2.29. The van der Waals surface area contributed by atoms with Gasteiger partial charge in [-0.1, -0.05) is 40.2 Å². The highest BCUT2D eigenvalue weighted by Crippen LogP contribution is 2.39. The van der Waals surface area contributed by atoms with Crippen molar-refractivity contribution >= 4 is 21.8 Å². The lowest BCUT2D eigenvalue weighted by molar-refractivity contribution is -0.118. The van der Waals surface area contributed by atoms with E-state index in [1.807, 2.05) is 30.3 Å². The zero-order valence-corrected chi connectivity index (χ0v) is 14.6. The molecule has 124 valence electrons. The number of nitrogens with one attached hydrogen (secondary N) is 1. The molecule has 1 N–H and O–H groups in total. The SMILES string of the molecule is O=C1CN(Cc2ccc(Br)cc2)[C@@H](c2cccc3c2OCCO3)N1. The van der Waals surface area contributed by atoms with Crippen LogP contribution >= 0.6 is 15.9 Å². The molecule has 1 atom stereocenters. The maximum atomic E-state index is 12.0. The molecule has 4 rings (SSSR count). The Bertz CT molecular complexity index is 763. The number of benzene rings is 2. The van der Waals surface area contributed by atoms with Crippen LogP contribution in [0.3, 0.4) is 0 Å². The van der Waals surface area contributed by atoms with E-state index in [2.05, 4.69) is 38.3 Å². The van der Waals surface area contributed by atoms with Crippen molar-refractivity contribution in [3.63, 3.8) is 0 Å². The minimum atomic E-state index is -0.210. The third-order valence-corrected chi connectivity index (χ3v) is 4.73. The molecule has 0 unspecified atom stereocenters. The van der Waals surface area contributed by atoms with Gasteiger partial charge in [0, 0.05) is 16.6 Å². The quantitative estimate of drug-likeness (QED) is 0.877. The Labute approximate surface area is 148 Å². The lowest BCUT2D eigenvalue weighted by Gasteiger charge is -2.28. The van der Waals surface area contributed by atoms with E-state index in [0.717, 1.165) is 27.1 Å². The maximum Gasteiger partial charge on any atom is 0.235 e. The molecule has 0 aromatic heterocycles. The maximum absolute atomic E-state index is 12.0. The predicted molar refractivity (Wildman–Crippen MR) is 92.9 cm³/mol. The number of halogens is 1. The average molecular weight is 389 g/mol. The summed E-state index contributed by atoms with van der Waals surface area (Å²) in [5.41, 5.74) is 2.09. The molecule has 1 saturated heterocycles. The van der Waals surface area contributed by atoms with Crippen LogP contribution in [-0.2, 0) is 11.3 Å². The van der Waals surface area contributed by atoms with Gasteiger partial charge in [0.2, 0.25) is 5.91 Å². The van der Waals surface area contributed by atoms with E-state index in [9.17, 15) is 4.79 Å². The number of para-hydroxylation sites is 1. The van der Waals surface area contributed by atoms with Crippen LogP contribution in [0.5, 0.6) is 11.5 Å². The summed E-state index contributed by atoms with van der Waals surface area (Å²) in [6.07, 6.45) is -0.210. The minimum absolute atomic E-state index is 0.0199. The van der Waals surface area contributed by atoms with Crippen molar-refractivity contribution in [3.05, 3.63) is 58.1 Å². The Hall–Kier alpha value is -2.05. The molecule has 1 fully saturated rings. The van der Waals surface area contributed by atoms with Gasteiger partial charge in [-0.25, -0.2) is 0 Å². The lowest BCUT2D eigenvalue weighted by atomic mass is 10.1. The normalized spacial score (nSPS) is 20.0. The standard InChI is InChI=1S/C18H17BrN2O3/c19-13-6-4-12(5-7-13)10-21-11-16(22)20-18(21)14-2-1-3-15-17(14)24-9-8-23-15/h1-7,18H,8-11H2,(H,20,22)/t18-/m0/s1. The fraction of sp³-hybridized carbons (Fsp3) is 0.278. The van der Waals surface area contributed by atoms with Crippen molar-refractivity contribution in [1.29, 1.82) is 0 Å². The van der Waals surface area contributed by atoms with Crippen molar-refractivity contribution in [1.82, 2.24) is 10.2 Å². The fourth-order valence-corrected chi connectivity index (χ4v) is 3.39. The molecular formula is C18H17BrN2O3. The molecule has 2 aliphatic rings. The van der Waals surface area contributed by atoms with E-state index in [1.165, 1.54) is 0 Å². The molecular weight excluding hydrogens is 372 g/mol. The monoisotopic (exact) mass is 388 g/mol. The van der Waals surface area contributed by atoms with Crippen molar-refractivity contribution in [2.24, 2.45) is 0 Å². The van der Waals surface area contributed by atoms with Crippen molar-refractivity contribution in [2.75, 3.05) is 19.8 Å². The molecule has 0 bridgehead atoms. The molecule has 24 heavy (non-hydrogen) atoms. The van der Waals surface area contributed by atoms with E-state index in [-0.39, 0.29) is 12.1 Å². The van der Waals surface area contributed by atoms with E-state index in [1.54, 1.807) is 0 Å². The predicted octanol–water partition coefficient (Wildman–Crippen LogP) is 2.85. The second-order valence-corrected chi connectivity index (χ2v) is 6.79. The number of amides is 1. The molecule has 2 aromatic carbocycles. The number of rotatable bonds is 3. The first-order valence-corrected chi connectivity index (χ1v) is 8.66. The molecule has 0 radical (unpaired) electrons. The molecule has 2 aromatic rings. The summed E-state index contributed by atoms with van der Waals surface area (Å²) < 4.78 is 12.5. The van der Waals surface area contributed by atoms with Gasteiger partial charge in [-0.05, 0) is 23.8 Å². The highest BCUT2D eigenvalue weighted by molar-refractivity contribution is 9.10. The summed E-state index contributed by atoms with van der Waals surface area (Å²) in [5.74, 6) is 1.49. The van der Waals surface area contributed by atoms with Gasteiger partial charge in [-0.15, -0.1) is 0 Å². The Morgan fingerprint density at radius 2 is 1.92 bits per heavy atom. The van der Waals surface area contributed by atoms with E-state index in [0.29, 0.717) is 26.3 Å². The Morgan fingerprint density at radius 3 is 2.75 bits per heavy atom. The number of carbonyl (C=O) groups excluding carboxylic acids is 1. The first-order valence-electron chi connectivity index (χ1n) is 7.87. The topological polar surface area (TPSA) is 50.8 Å². The van der Waals surface area contributed by atoms with Gasteiger partial charge in [-0.2, -0.15) is 0 Å². The van der Waals surface area contributed by atoms with Gasteiger partial charge in [0.15, 0.2) is 11.5 Å². The third kappa shape index (κ3) is 2.99.